The van der Waals surface area contributed by atoms with E-state index in [0.29, 0.717) is 6.54 Å². The molecule has 18 heavy (non-hydrogen) atoms. The Balaban J connectivity index is 2.13. The van der Waals surface area contributed by atoms with Crippen molar-refractivity contribution in [2.45, 2.75) is 6.54 Å². The van der Waals surface area contributed by atoms with E-state index >= 15 is 0 Å². The molecule has 0 aliphatic heterocycles. The zero-order valence-electron chi connectivity index (χ0n) is 9.12. The van der Waals surface area contributed by atoms with E-state index in [1.807, 2.05) is 0 Å². The molecule has 0 radical (unpaired) electrons. The summed E-state index contributed by atoms with van der Waals surface area (Å²) >= 11 is 5.29. The number of aromatic nitrogens is 2. The molecule has 0 aliphatic carbocycles. The summed E-state index contributed by atoms with van der Waals surface area (Å²) in [6.07, 6.45) is 3.01. The Morgan fingerprint density at radius 3 is 2.56 bits per heavy atom. The number of nitro groups is 1. The molecule has 0 spiro atoms. The molecule has 0 saturated carbocycles. The number of carbonyl (C=O) groups excluding carboxylic acids is 1. The fraction of sp³-hybridized carbons (Fsp3) is 0.0909. The van der Waals surface area contributed by atoms with Gasteiger partial charge in [-0.2, -0.15) is 0 Å². The van der Waals surface area contributed by atoms with Gasteiger partial charge in [0.15, 0.2) is 0 Å². The molecule has 1 aromatic carbocycles. The quantitative estimate of drug-likeness (QED) is 0.482. The fourth-order valence-electron chi connectivity index (χ4n) is 1.48. The summed E-state index contributed by atoms with van der Waals surface area (Å²) in [6, 6.07) is 6.17. The van der Waals surface area contributed by atoms with Gasteiger partial charge in [-0.05, 0) is 17.2 Å². The highest BCUT2D eigenvalue weighted by molar-refractivity contribution is 6.67. The summed E-state index contributed by atoms with van der Waals surface area (Å²) in [5.41, 5.74) is 1.09. The maximum absolute atomic E-state index is 10.8. The lowest BCUT2D eigenvalue weighted by molar-refractivity contribution is -0.384. The Hall–Kier alpha value is -2.21. The van der Waals surface area contributed by atoms with Gasteiger partial charge < -0.3 is 4.57 Å². The molecule has 0 atom stereocenters. The highest BCUT2D eigenvalue weighted by Crippen LogP contribution is 2.13. The number of benzene rings is 1. The molecule has 0 bridgehead atoms. The molecule has 0 unspecified atom stereocenters. The van der Waals surface area contributed by atoms with Gasteiger partial charge in [-0.25, -0.2) is 4.98 Å². The molecule has 1 aromatic heterocycles. The van der Waals surface area contributed by atoms with Gasteiger partial charge in [-0.1, -0.05) is 12.1 Å². The van der Waals surface area contributed by atoms with Crippen molar-refractivity contribution in [1.29, 1.82) is 0 Å². The number of nitrogens with zero attached hydrogens (tertiary/aromatic N) is 3. The van der Waals surface area contributed by atoms with Crippen molar-refractivity contribution in [3.05, 3.63) is 58.2 Å². The molecule has 92 valence electrons. The zero-order valence-corrected chi connectivity index (χ0v) is 9.87. The predicted octanol–water partition coefficient (Wildman–Crippen LogP) is 2.22. The van der Waals surface area contributed by atoms with Gasteiger partial charge in [-0.3, -0.25) is 14.9 Å². The van der Waals surface area contributed by atoms with Crippen molar-refractivity contribution in [3.63, 3.8) is 0 Å². The van der Waals surface area contributed by atoms with Crippen LogP contribution in [-0.4, -0.2) is 19.7 Å². The highest BCUT2D eigenvalue weighted by atomic mass is 35.5. The summed E-state index contributed by atoms with van der Waals surface area (Å²) in [5, 5.41) is 9.87. The largest absolute Gasteiger partial charge is 0.332 e. The average molecular weight is 266 g/mol. The standard InChI is InChI=1S/C11H8ClN3O3/c12-11(16)10-6-14(7-13-10)5-8-1-3-9(4-2-8)15(17)18/h1-4,6-7H,5H2. The van der Waals surface area contributed by atoms with Crippen LogP contribution in [0.15, 0.2) is 36.8 Å². The molecule has 2 aromatic rings. The van der Waals surface area contributed by atoms with E-state index < -0.39 is 10.2 Å². The minimum Gasteiger partial charge on any atom is -0.332 e. The van der Waals surface area contributed by atoms with Crippen LogP contribution in [0, 0.1) is 10.1 Å². The van der Waals surface area contributed by atoms with Crippen molar-refractivity contribution < 1.29 is 9.72 Å². The van der Waals surface area contributed by atoms with E-state index in [1.54, 1.807) is 16.7 Å². The summed E-state index contributed by atoms with van der Waals surface area (Å²) in [7, 11) is 0. The lowest BCUT2D eigenvalue weighted by Gasteiger charge is -2.01. The summed E-state index contributed by atoms with van der Waals surface area (Å²) in [5.74, 6) is 0. The Bertz CT molecular complexity index is 592. The fourth-order valence-corrected chi connectivity index (χ4v) is 1.58. The molecule has 7 heteroatoms. The van der Waals surface area contributed by atoms with Crippen molar-refractivity contribution in [1.82, 2.24) is 9.55 Å². The first-order valence-corrected chi connectivity index (χ1v) is 5.39. The van der Waals surface area contributed by atoms with Gasteiger partial charge in [0.1, 0.15) is 5.69 Å². The third kappa shape index (κ3) is 2.72. The minimum atomic E-state index is -0.613. The third-order valence-corrected chi connectivity index (χ3v) is 2.54. The first-order chi connectivity index (χ1) is 8.56. The number of halogens is 1. The zero-order chi connectivity index (χ0) is 13.1. The van der Waals surface area contributed by atoms with Crippen LogP contribution in [0.1, 0.15) is 16.1 Å². The Morgan fingerprint density at radius 1 is 1.39 bits per heavy atom. The molecular weight excluding hydrogens is 258 g/mol. The lowest BCUT2D eigenvalue weighted by Crippen LogP contribution is -1.97. The molecule has 0 N–H and O–H groups in total. The van der Waals surface area contributed by atoms with E-state index in [2.05, 4.69) is 4.98 Å². The van der Waals surface area contributed by atoms with Crippen molar-refractivity contribution >= 4 is 22.5 Å². The number of rotatable bonds is 4. The summed E-state index contributed by atoms with van der Waals surface area (Å²) < 4.78 is 1.68. The van der Waals surface area contributed by atoms with Crippen LogP contribution in [0.2, 0.25) is 0 Å². The third-order valence-electron chi connectivity index (χ3n) is 2.35. The maximum Gasteiger partial charge on any atom is 0.272 e. The normalized spacial score (nSPS) is 10.3. The van der Waals surface area contributed by atoms with Gasteiger partial charge in [0.25, 0.3) is 10.9 Å². The van der Waals surface area contributed by atoms with Crippen LogP contribution in [0.3, 0.4) is 0 Å². The smallest absolute Gasteiger partial charge is 0.272 e. The van der Waals surface area contributed by atoms with E-state index in [-0.39, 0.29) is 11.4 Å². The molecule has 0 amide bonds. The lowest BCUT2D eigenvalue weighted by atomic mass is 10.2. The van der Waals surface area contributed by atoms with Crippen LogP contribution < -0.4 is 0 Å². The monoisotopic (exact) mass is 265 g/mol. The first-order valence-electron chi connectivity index (χ1n) is 5.01. The Kier molecular flexibility index (Phi) is 3.38. The van der Waals surface area contributed by atoms with Gasteiger partial charge in [-0.15, -0.1) is 0 Å². The predicted molar refractivity (Wildman–Crippen MR) is 64.6 cm³/mol. The Labute approximate surface area is 107 Å². The van der Waals surface area contributed by atoms with E-state index in [1.165, 1.54) is 24.7 Å². The Morgan fingerprint density at radius 2 is 2.06 bits per heavy atom. The topological polar surface area (TPSA) is 78.0 Å². The molecule has 0 aliphatic rings. The van der Waals surface area contributed by atoms with Crippen LogP contribution in [0.4, 0.5) is 5.69 Å². The van der Waals surface area contributed by atoms with Crippen molar-refractivity contribution in [3.8, 4) is 0 Å². The number of imidazole rings is 1. The molecule has 2 rings (SSSR count). The average Bonchev–Trinajstić information content (AvgIpc) is 2.78. The molecule has 0 saturated heterocycles. The minimum absolute atomic E-state index is 0.0426. The van der Waals surface area contributed by atoms with E-state index in [0.717, 1.165) is 5.56 Å². The van der Waals surface area contributed by atoms with Gasteiger partial charge in [0.05, 0.1) is 11.3 Å². The van der Waals surface area contributed by atoms with Crippen LogP contribution in [0.25, 0.3) is 0 Å². The number of nitro benzene ring substituents is 1. The first kappa shape index (κ1) is 12.3. The molecule has 0 fully saturated rings. The second-order valence-electron chi connectivity index (χ2n) is 3.63. The molecule has 1 heterocycles. The maximum atomic E-state index is 10.8. The molecular formula is C11H8ClN3O3. The van der Waals surface area contributed by atoms with Gasteiger partial charge in [0.2, 0.25) is 0 Å². The second-order valence-corrected chi connectivity index (χ2v) is 3.97. The summed E-state index contributed by atoms with van der Waals surface area (Å²) in [6.45, 7) is 0.467. The summed E-state index contributed by atoms with van der Waals surface area (Å²) in [4.78, 5) is 24.7. The molecule has 6 nitrogen and oxygen atoms in total. The van der Waals surface area contributed by atoms with E-state index in [9.17, 15) is 14.9 Å². The van der Waals surface area contributed by atoms with Gasteiger partial charge >= 0.3 is 0 Å². The van der Waals surface area contributed by atoms with Crippen LogP contribution in [-0.2, 0) is 6.54 Å². The number of carbonyl (C=O) groups is 1. The highest BCUT2D eigenvalue weighted by Gasteiger charge is 2.07. The van der Waals surface area contributed by atoms with Crippen molar-refractivity contribution in [2.24, 2.45) is 0 Å². The van der Waals surface area contributed by atoms with Crippen molar-refractivity contribution in [2.75, 3.05) is 0 Å². The van der Waals surface area contributed by atoms with Crippen LogP contribution in [0.5, 0.6) is 0 Å². The van der Waals surface area contributed by atoms with E-state index in [4.69, 9.17) is 11.6 Å². The number of hydrogen-bond donors (Lipinski definition) is 0. The van der Waals surface area contributed by atoms with Gasteiger partial charge in [0, 0.05) is 24.9 Å². The number of non-ortho nitro benzene ring substituents is 1. The number of hydrogen-bond acceptors (Lipinski definition) is 4. The second kappa shape index (κ2) is 4.97. The van der Waals surface area contributed by atoms with Crippen LogP contribution >= 0.6 is 11.6 Å². The SMILES string of the molecule is O=C(Cl)c1cn(Cc2ccc([N+](=O)[O-])cc2)cn1.